The van der Waals surface area contributed by atoms with Gasteiger partial charge in [-0.3, -0.25) is 9.25 Å². The summed E-state index contributed by atoms with van der Waals surface area (Å²) in [5, 5.41) is 14.6. The van der Waals surface area contributed by atoms with Crippen LogP contribution < -0.4 is 9.64 Å². The van der Waals surface area contributed by atoms with E-state index < -0.39 is 0 Å². The van der Waals surface area contributed by atoms with Crippen LogP contribution in [0.2, 0.25) is 0 Å². The zero-order chi connectivity index (χ0) is 20.7. The molecule has 9 heteroatoms. The third-order valence-electron chi connectivity index (χ3n) is 5.42. The number of rotatable bonds is 6. The lowest BCUT2D eigenvalue weighted by Crippen LogP contribution is -2.49. The van der Waals surface area contributed by atoms with Crippen LogP contribution in [0, 0.1) is 6.92 Å². The third kappa shape index (κ3) is 3.07. The molecular weight excluding hydrogens is 382 g/mol. The van der Waals surface area contributed by atoms with Crippen molar-refractivity contribution >= 4 is 16.9 Å². The summed E-state index contributed by atoms with van der Waals surface area (Å²) < 4.78 is 14.6. The Hall–Kier alpha value is -3.46. The standard InChI is InChI=1S/C21H23N7O2/c1-14-4-6-18-15(8-14)9-23-28(18)17-11-26(12-17)21-25-24-19(13-29-2)27(21)16-5-7-20(30-3)22-10-16/h4-10,17H,11-13H2,1-3H3. The predicted molar refractivity (Wildman–Crippen MR) is 112 cm³/mol. The highest BCUT2D eigenvalue weighted by Gasteiger charge is 2.34. The zero-order valence-electron chi connectivity index (χ0n) is 17.2. The van der Waals surface area contributed by atoms with Crippen molar-refractivity contribution in [1.29, 1.82) is 0 Å². The lowest BCUT2D eigenvalue weighted by Gasteiger charge is -2.40. The Balaban J connectivity index is 1.42. The van der Waals surface area contributed by atoms with Crippen molar-refractivity contribution in [2.24, 2.45) is 0 Å². The summed E-state index contributed by atoms with van der Waals surface area (Å²) in [4.78, 5) is 6.52. The van der Waals surface area contributed by atoms with Gasteiger partial charge in [0.1, 0.15) is 6.61 Å². The minimum atomic E-state index is 0.287. The zero-order valence-corrected chi connectivity index (χ0v) is 17.2. The van der Waals surface area contributed by atoms with E-state index in [2.05, 4.69) is 55.0 Å². The molecule has 9 nitrogen and oxygen atoms in total. The summed E-state index contributed by atoms with van der Waals surface area (Å²) in [5.41, 5.74) is 3.27. The Morgan fingerprint density at radius 3 is 2.67 bits per heavy atom. The highest BCUT2D eigenvalue weighted by atomic mass is 16.5. The van der Waals surface area contributed by atoms with Crippen molar-refractivity contribution in [3.63, 3.8) is 0 Å². The van der Waals surface area contributed by atoms with Gasteiger partial charge in [0.2, 0.25) is 11.8 Å². The van der Waals surface area contributed by atoms with Crippen LogP contribution in [0.25, 0.3) is 16.6 Å². The Morgan fingerprint density at radius 1 is 1.07 bits per heavy atom. The van der Waals surface area contributed by atoms with Crippen LogP contribution in [-0.4, -0.2) is 56.8 Å². The number of fused-ring (bicyclic) bond motifs is 1. The first kappa shape index (κ1) is 18.6. The topological polar surface area (TPSA) is 83.1 Å². The van der Waals surface area contributed by atoms with Crippen LogP contribution in [0.1, 0.15) is 17.4 Å². The van der Waals surface area contributed by atoms with Crippen molar-refractivity contribution in [1.82, 2.24) is 29.5 Å². The van der Waals surface area contributed by atoms with Gasteiger partial charge in [-0.15, -0.1) is 10.2 Å². The summed E-state index contributed by atoms with van der Waals surface area (Å²) in [6.45, 7) is 4.07. The molecule has 1 fully saturated rings. The highest BCUT2D eigenvalue weighted by molar-refractivity contribution is 5.79. The molecule has 4 heterocycles. The normalized spacial score (nSPS) is 14.3. The van der Waals surface area contributed by atoms with Gasteiger partial charge >= 0.3 is 0 Å². The molecule has 0 amide bonds. The second-order valence-corrected chi connectivity index (χ2v) is 7.45. The van der Waals surface area contributed by atoms with Gasteiger partial charge in [0.15, 0.2) is 5.82 Å². The van der Waals surface area contributed by atoms with Gasteiger partial charge in [-0.2, -0.15) is 5.10 Å². The van der Waals surface area contributed by atoms with E-state index in [-0.39, 0.29) is 6.04 Å². The van der Waals surface area contributed by atoms with Gasteiger partial charge in [-0.1, -0.05) is 11.6 Å². The third-order valence-corrected chi connectivity index (χ3v) is 5.42. The number of aromatic nitrogens is 6. The molecule has 1 aliphatic rings. The van der Waals surface area contributed by atoms with Crippen LogP contribution >= 0.6 is 0 Å². The Morgan fingerprint density at radius 2 is 1.93 bits per heavy atom. The second kappa shape index (κ2) is 7.42. The molecule has 1 aromatic carbocycles. The van der Waals surface area contributed by atoms with E-state index in [0.717, 1.165) is 36.1 Å². The van der Waals surface area contributed by atoms with Crippen molar-refractivity contribution in [2.45, 2.75) is 19.6 Å². The fraction of sp³-hybridized carbons (Fsp3) is 0.333. The lowest BCUT2D eigenvalue weighted by atomic mass is 10.1. The van der Waals surface area contributed by atoms with Crippen LogP contribution in [-0.2, 0) is 11.3 Å². The Labute approximate surface area is 173 Å². The predicted octanol–water partition coefficient (Wildman–Crippen LogP) is 2.54. The summed E-state index contributed by atoms with van der Waals surface area (Å²) >= 11 is 0. The number of anilines is 1. The molecule has 4 aromatic rings. The van der Waals surface area contributed by atoms with Gasteiger partial charge in [-0.25, -0.2) is 4.98 Å². The van der Waals surface area contributed by atoms with Crippen LogP contribution in [0.3, 0.4) is 0 Å². The first-order valence-corrected chi connectivity index (χ1v) is 9.80. The van der Waals surface area contributed by atoms with Gasteiger partial charge in [0.25, 0.3) is 0 Å². The first-order valence-electron chi connectivity index (χ1n) is 9.80. The number of ether oxygens (including phenoxy) is 2. The number of hydrogen-bond donors (Lipinski definition) is 0. The minimum absolute atomic E-state index is 0.287. The monoisotopic (exact) mass is 405 g/mol. The molecule has 1 aliphatic heterocycles. The molecule has 1 saturated heterocycles. The van der Waals surface area contributed by atoms with Crippen LogP contribution in [0.4, 0.5) is 5.95 Å². The number of pyridine rings is 1. The maximum absolute atomic E-state index is 5.32. The summed E-state index contributed by atoms with van der Waals surface area (Å²) in [5.74, 6) is 2.06. The number of hydrogen-bond acceptors (Lipinski definition) is 7. The average molecular weight is 405 g/mol. The quantitative estimate of drug-likeness (QED) is 0.487. The Bertz CT molecular complexity index is 1180. The molecule has 0 atom stereocenters. The van der Waals surface area contributed by atoms with E-state index in [1.807, 2.05) is 22.9 Å². The molecule has 0 N–H and O–H groups in total. The van der Waals surface area contributed by atoms with Gasteiger partial charge in [-0.05, 0) is 25.1 Å². The molecule has 30 heavy (non-hydrogen) atoms. The van der Waals surface area contributed by atoms with E-state index in [4.69, 9.17) is 9.47 Å². The van der Waals surface area contributed by atoms with Crippen molar-refractivity contribution in [3.05, 3.63) is 54.1 Å². The fourth-order valence-electron chi connectivity index (χ4n) is 3.86. The van der Waals surface area contributed by atoms with Gasteiger partial charge < -0.3 is 14.4 Å². The maximum Gasteiger partial charge on any atom is 0.232 e. The number of aryl methyl sites for hydroxylation is 1. The summed E-state index contributed by atoms with van der Waals surface area (Å²) in [6.07, 6.45) is 3.69. The first-order chi connectivity index (χ1) is 14.7. The van der Waals surface area contributed by atoms with Gasteiger partial charge in [0, 0.05) is 31.7 Å². The minimum Gasteiger partial charge on any atom is -0.481 e. The summed E-state index contributed by atoms with van der Waals surface area (Å²) in [6, 6.07) is 10.5. The maximum atomic E-state index is 5.32. The average Bonchev–Trinajstić information content (AvgIpc) is 3.32. The van der Waals surface area contributed by atoms with Gasteiger partial charge in [0.05, 0.1) is 36.7 Å². The van der Waals surface area contributed by atoms with Crippen LogP contribution in [0.5, 0.6) is 5.88 Å². The number of methoxy groups -OCH3 is 2. The van der Waals surface area contributed by atoms with E-state index in [1.165, 1.54) is 10.9 Å². The number of benzene rings is 1. The fourth-order valence-corrected chi connectivity index (χ4v) is 3.86. The molecule has 0 aliphatic carbocycles. The largest absolute Gasteiger partial charge is 0.481 e. The van der Waals surface area contributed by atoms with E-state index in [0.29, 0.717) is 12.5 Å². The molecule has 0 bridgehead atoms. The van der Waals surface area contributed by atoms with Crippen LogP contribution in [0.15, 0.2) is 42.7 Å². The molecular formula is C21H23N7O2. The molecule has 0 saturated carbocycles. The molecule has 0 radical (unpaired) electrons. The summed E-state index contributed by atoms with van der Waals surface area (Å²) in [7, 11) is 3.25. The second-order valence-electron chi connectivity index (χ2n) is 7.45. The van der Waals surface area contributed by atoms with Crippen molar-refractivity contribution in [2.75, 3.05) is 32.2 Å². The molecule has 0 spiro atoms. The molecule has 154 valence electrons. The van der Waals surface area contributed by atoms with E-state index >= 15 is 0 Å². The smallest absolute Gasteiger partial charge is 0.232 e. The highest BCUT2D eigenvalue weighted by Crippen LogP contribution is 2.31. The molecule has 0 unspecified atom stereocenters. The molecule has 5 rings (SSSR count). The number of nitrogens with zero attached hydrogens (tertiary/aromatic N) is 7. The van der Waals surface area contributed by atoms with Crippen molar-refractivity contribution < 1.29 is 9.47 Å². The lowest BCUT2D eigenvalue weighted by molar-refractivity contribution is 0.176. The van der Waals surface area contributed by atoms with E-state index in [9.17, 15) is 0 Å². The Kier molecular flexibility index (Phi) is 4.59. The molecule has 3 aromatic heterocycles. The SMILES string of the molecule is COCc1nnc(N2CC(n3ncc4cc(C)ccc43)C2)n1-c1ccc(OC)nc1. The van der Waals surface area contributed by atoms with Crippen molar-refractivity contribution in [3.8, 4) is 11.6 Å². The van der Waals surface area contributed by atoms with E-state index in [1.54, 1.807) is 20.4 Å².